The fraction of sp³-hybridized carbons (Fsp3) is 0.462. The number of hydrogen-bond donors (Lipinski definition) is 0. The number of benzene rings is 1. The minimum Gasteiger partial charge on any atom is -0.293 e. The fourth-order valence-corrected chi connectivity index (χ4v) is 5.63. The Morgan fingerprint density at radius 1 is 1.43 bits per heavy atom. The molecular formula is C13H15Cl2NO3S2. The van der Waals surface area contributed by atoms with E-state index in [1.807, 2.05) is 0 Å². The van der Waals surface area contributed by atoms with Crippen molar-refractivity contribution in [1.29, 1.82) is 0 Å². The summed E-state index contributed by atoms with van der Waals surface area (Å²) in [7, 11) is -3.22. The standard InChI is InChI=1S/C13H15Cl2NO3S2/c1-21(18,19)13-8-20-5-4-16(13)7-12(17)10-3-2-9(14)6-11(10)15/h2-3,6,13H,4-5,7-8H2,1H3. The van der Waals surface area contributed by atoms with Crippen molar-refractivity contribution in [2.45, 2.75) is 5.37 Å². The molecule has 1 atom stereocenters. The lowest BCUT2D eigenvalue weighted by molar-refractivity contribution is 0.0928. The molecule has 0 aliphatic carbocycles. The van der Waals surface area contributed by atoms with E-state index in [9.17, 15) is 13.2 Å². The van der Waals surface area contributed by atoms with Gasteiger partial charge in [-0.2, -0.15) is 11.8 Å². The number of hydrogen-bond acceptors (Lipinski definition) is 5. The predicted molar refractivity (Wildman–Crippen MR) is 88.3 cm³/mol. The van der Waals surface area contributed by atoms with Crippen molar-refractivity contribution in [3.8, 4) is 0 Å². The van der Waals surface area contributed by atoms with Crippen LogP contribution >= 0.6 is 35.0 Å². The third-order valence-electron chi connectivity index (χ3n) is 3.26. The van der Waals surface area contributed by atoms with Gasteiger partial charge in [-0.1, -0.05) is 23.2 Å². The summed E-state index contributed by atoms with van der Waals surface area (Å²) in [6, 6.07) is 4.68. The van der Waals surface area contributed by atoms with E-state index in [2.05, 4.69) is 0 Å². The molecule has 0 bridgehead atoms. The van der Waals surface area contributed by atoms with Crippen LogP contribution in [0.25, 0.3) is 0 Å². The van der Waals surface area contributed by atoms with Gasteiger partial charge in [0.15, 0.2) is 15.6 Å². The first-order valence-electron chi connectivity index (χ1n) is 6.28. The third-order valence-corrected chi connectivity index (χ3v) is 6.50. The lowest BCUT2D eigenvalue weighted by atomic mass is 10.1. The SMILES string of the molecule is CS(=O)(=O)C1CSCCN1CC(=O)c1ccc(Cl)cc1Cl. The Morgan fingerprint density at radius 3 is 2.76 bits per heavy atom. The van der Waals surface area contributed by atoms with Crippen molar-refractivity contribution in [1.82, 2.24) is 4.90 Å². The molecule has 0 aromatic heterocycles. The molecule has 2 rings (SSSR count). The fourth-order valence-electron chi connectivity index (χ4n) is 2.18. The first-order valence-corrected chi connectivity index (χ1v) is 10.1. The van der Waals surface area contributed by atoms with Gasteiger partial charge in [0.2, 0.25) is 0 Å². The number of halogens is 2. The Hall–Kier alpha value is -0.270. The molecule has 4 nitrogen and oxygen atoms in total. The molecule has 1 aliphatic heterocycles. The molecule has 0 saturated carbocycles. The van der Waals surface area contributed by atoms with Crippen molar-refractivity contribution in [2.24, 2.45) is 0 Å². The molecule has 8 heteroatoms. The van der Waals surface area contributed by atoms with Crippen molar-refractivity contribution in [3.63, 3.8) is 0 Å². The number of thioether (sulfide) groups is 1. The molecule has 1 aromatic rings. The Morgan fingerprint density at radius 2 is 2.14 bits per heavy atom. The zero-order valence-corrected chi connectivity index (χ0v) is 14.5. The number of Topliss-reactive ketones (excluding diaryl/α,β-unsaturated/α-hetero) is 1. The molecule has 1 aliphatic rings. The van der Waals surface area contributed by atoms with Crippen LogP contribution in [0.3, 0.4) is 0 Å². The van der Waals surface area contributed by atoms with Gasteiger partial charge >= 0.3 is 0 Å². The van der Waals surface area contributed by atoms with Crippen molar-refractivity contribution >= 4 is 50.6 Å². The van der Waals surface area contributed by atoms with Crippen LogP contribution in [-0.4, -0.2) is 55.3 Å². The number of sulfone groups is 1. The Labute approximate surface area is 138 Å². The maximum atomic E-state index is 12.3. The predicted octanol–water partition coefficient (Wildman–Crippen LogP) is 2.60. The quantitative estimate of drug-likeness (QED) is 0.765. The lowest BCUT2D eigenvalue weighted by Crippen LogP contribution is -2.48. The van der Waals surface area contributed by atoms with Gasteiger partial charge in [0.1, 0.15) is 5.37 Å². The van der Waals surface area contributed by atoms with Crippen LogP contribution in [-0.2, 0) is 9.84 Å². The molecular weight excluding hydrogens is 353 g/mol. The van der Waals surface area contributed by atoms with E-state index in [-0.39, 0.29) is 17.4 Å². The highest BCUT2D eigenvalue weighted by Gasteiger charge is 2.32. The number of carbonyl (C=O) groups excluding carboxylic acids is 1. The monoisotopic (exact) mass is 367 g/mol. The summed E-state index contributed by atoms with van der Waals surface area (Å²) in [4.78, 5) is 14.1. The van der Waals surface area contributed by atoms with Crippen LogP contribution in [0.2, 0.25) is 10.0 Å². The van der Waals surface area contributed by atoms with Gasteiger partial charge in [0.05, 0.1) is 11.6 Å². The summed E-state index contributed by atoms with van der Waals surface area (Å²) in [5.41, 5.74) is 0.367. The Kier molecular flexibility index (Phi) is 5.59. The molecule has 1 unspecified atom stereocenters. The van der Waals surface area contributed by atoms with Crippen molar-refractivity contribution < 1.29 is 13.2 Å². The van der Waals surface area contributed by atoms with Gasteiger partial charge in [-0.15, -0.1) is 0 Å². The minimum absolute atomic E-state index is 0.0413. The molecule has 0 radical (unpaired) electrons. The van der Waals surface area contributed by atoms with Gasteiger partial charge in [0.25, 0.3) is 0 Å². The number of carbonyl (C=O) groups is 1. The van der Waals surface area contributed by atoms with Gasteiger partial charge in [-0.3, -0.25) is 9.69 Å². The van der Waals surface area contributed by atoms with E-state index in [0.29, 0.717) is 22.9 Å². The van der Waals surface area contributed by atoms with E-state index in [4.69, 9.17) is 23.2 Å². The maximum absolute atomic E-state index is 12.3. The summed E-state index contributed by atoms with van der Waals surface area (Å²) in [6.07, 6.45) is 1.20. The highest BCUT2D eigenvalue weighted by Crippen LogP contribution is 2.24. The van der Waals surface area contributed by atoms with Crippen LogP contribution in [0.5, 0.6) is 0 Å². The molecule has 116 valence electrons. The van der Waals surface area contributed by atoms with Crippen molar-refractivity contribution in [3.05, 3.63) is 33.8 Å². The van der Waals surface area contributed by atoms with E-state index >= 15 is 0 Å². The van der Waals surface area contributed by atoms with Crippen LogP contribution in [0, 0.1) is 0 Å². The number of rotatable bonds is 4. The summed E-state index contributed by atoms with van der Waals surface area (Å²) >= 11 is 13.4. The molecule has 1 fully saturated rings. The molecule has 1 aromatic carbocycles. The molecule has 1 saturated heterocycles. The van der Waals surface area contributed by atoms with Crippen LogP contribution in [0.4, 0.5) is 0 Å². The largest absolute Gasteiger partial charge is 0.293 e. The van der Waals surface area contributed by atoms with E-state index in [0.717, 1.165) is 5.75 Å². The van der Waals surface area contributed by atoms with E-state index in [1.165, 1.54) is 12.3 Å². The summed E-state index contributed by atoms with van der Waals surface area (Å²) in [5.74, 6) is 1.10. The second-order valence-electron chi connectivity index (χ2n) is 4.88. The first-order chi connectivity index (χ1) is 9.79. The maximum Gasteiger partial charge on any atom is 0.178 e. The topological polar surface area (TPSA) is 54.5 Å². The Balaban J connectivity index is 2.17. The summed E-state index contributed by atoms with van der Waals surface area (Å²) < 4.78 is 23.6. The molecule has 1 heterocycles. The highest BCUT2D eigenvalue weighted by molar-refractivity contribution is 8.00. The van der Waals surface area contributed by atoms with Crippen molar-refractivity contribution in [2.75, 3.05) is 30.9 Å². The van der Waals surface area contributed by atoms with Gasteiger partial charge in [-0.05, 0) is 18.2 Å². The van der Waals surface area contributed by atoms with Gasteiger partial charge in [0, 0.05) is 34.9 Å². The minimum atomic E-state index is -3.22. The van der Waals surface area contributed by atoms with Crippen LogP contribution in [0.1, 0.15) is 10.4 Å². The zero-order valence-electron chi connectivity index (χ0n) is 11.4. The molecule has 21 heavy (non-hydrogen) atoms. The average molecular weight is 368 g/mol. The Bertz CT molecular complexity index is 649. The summed E-state index contributed by atoms with van der Waals surface area (Å²) in [6.45, 7) is 0.610. The van der Waals surface area contributed by atoms with E-state index in [1.54, 1.807) is 28.8 Å². The zero-order chi connectivity index (χ0) is 15.6. The molecule has 0 amide bonds. The van der Waals surface area contributed by atoms with Crippen LogP contribution in [0.15, 0.2) is 18.2 Å². The normalized spacial score (nSPS) is 20.4. The average Bonchev–Trinajstić information content (AvgIpc) is 2.37. The smallest absolute Gasteiger partial charge is 0.178 e. The first kappa shape index (κ1) is 17.1. The molecule has 0 N–H and O–H groups in total. The van der Waals surface area contributed by atoms with Gasteiger partial charge in [-0.25, -0.2) is 8.42 Å². The summed E-state index contributed by atoms with van der Waals surface area (Å²) in [5, 5.41) is 0.126. The number of nitrogens with zero attached hydrogens (tertiary/aromatic N) is 1. The second kappa shape index (κ2) is 6.87. The van der Waals surface area contributed by atoms with Crippen LogP contribution < -0.4 is 0 Å². The number of ketones is 1. The molecule has 0 spiro atoms. The second-order valence-corrected chi connectivity index (χ2v) is 9.07. The van der Waals surface area contributed by atoms with E-state index < -0.39 is 15.2 Å². The lowest BCUT2D eigenvalue weighted by Gasteiger charge is -2.33. The third kappa shape index (κ3) is 4.36. The van der Waals surface area contributed by atoms with Gasteiger partial charge < -0.3 is 0 Å². The highest BCUT2D eigenvalue weighted by atomic mass is 35.5.